The van der Waals surface area contributed by atoms with E-state index in [1.165, 1.54) is 11.4 Å². The van der Waals surface area contributed by atoms with Crippen molar-refractivity contribution in [3.63, 3.8) is 0 Å². The van der Waals surface area contributed by atoms with E-state index < -0.39 is 0 Å². The molecule has 2 aliphatic heterocycles. The molecule has 2 aliphatic rings. The molecule has 92 valence electrons. The summed E-state index contributed by atoms with van der Waals surface area (Å²) in [5.74, 6) is 1.12. The van der Waals surface area contributed by atoms with Crippen LogP contribution in [0.4, 0.5) is 5.69 Å². The molecule has 0 bridgehead atoms. The number of aromatic nitrogens is 1. The van der Waals surface area contributed by atoms with E-state index in [1.54, 1.807) is 0 Å². The maximum atomic E-state index is 4.60. The first-order valence-corrected chi connectivity index (χ1v) is 6.46. The minimum atomic E-state index is 0.298. The van der Waals surface area contributed by atoms with Crippen LogP contribution >= 0.6 is 0 Å². The van der Waals surface area contributed by atoms with Gasteiger partial charge >= 0.3 is 0 Å². The van der Waals surface area contributed by atoms with Crippen molar-refractivity contribution in [2.24, 2.45) is 11.3 Å². The lowest BCUT2D eigenvalue weighted by Crippen LogP contribution is -2.35. The molecule has 4 atom stereocenters. The number of fused-ring (bicyclic) bond motifs is 3. The van der Waals surface area contributed by atoms with Crippen molar-refractivity contribution in [1.29, 1.82) is 0 Å². The first-order valence-electron chi connectivity index (χ1n) is 6.46. The molecule has 0 radical (unpaired) electrons. The Balaban J connectivity index is 2.04. The molecule has 1 aromatic rings. The Bertz CT molecular complexity index is 435. The van der Waals surface area contributed by atoms with Crippen molar-refractivity contribution in [3.8, 4) is 0 Å². The number of hydrogen-bond acceptors (Lipinski definition) is 3. The van der Waals surface area contributed by atoms with E-state index in [-0.39, 0.29) is 0 Å². The molecule has 3 heterocycles. The third-order valence-corrected chi connectivity index (χ3v) is 4.19. The molecule has 17 heavy (non-hydrogen) atoms. The van der Waals surface area contributed by atoms with E-state index in [0.29, 0.717) is 29.5 Å². The summed E-state index contributed by atoms with van der Waals surface area (Å²) >= 11 is 0. The summed E-state index contributed by atoms with van der Waals surface area (Å²) in [7, 11) is 0. The fourth-order valence-corrected chi connectivity index (χ4v) is 3.73. The molecule has 2 N–H and O–H groups in total. The monoisotopic (exact) mass is 231 g/mol. The molecule has 1 aromatic heterocycles. The van der Waals surface area contributed by atoms with E-state index >= 15 is 0 Å². The normalized spacial score (nSPS) is 35.3. The van der Waals surface area contributed by atoms with E-state index in [1.807, 2.05) is 12.3 Å². The molecule has 0 spiro atoms. The Hall–Kier alpha value is -1.09. The first-order chi connectivity index (χ1) is 7.98. The van der Waals surface area contributed by atoms with Crippen LogP contribution in [0.5, 0.6) is 0 Å². The number of rotatable bonds is 0. The largest absolute Gasteiger partial charge is 0.368 e. The van der Waals surface area contributed by atoms with E-state index in [4.69, 9.17) is 0 Å². The Morgan fingerprint density at radius 1 is 1.29 bits per heavy atom. The summed E-state index contributed by atoms with van der Waals surface area (Å²) in [5, 5.41) is 7.22. The van der Waals surface area contributed by atoms with Crippen LogP contribution in [0.15, 0.2) is 18.3 Å². The van der Waals surface area contributed by atoms with E-state index in [9.17, 15) is 0 Å². The number of nitrogens with zero attached hydrogens (tertiary/aromatic N) is 1. The predicted octanol–water partition coefficient (Wildman–Crippen LogP) is 2.57. The highest BCUT2D eigenvalue weighted by molar-refractivity contribution is 5.57. The topological polar surface area (TPSA) is 37.0 Å². The van der Waals surface area contributed by atoms with Gasteiger partial charge in [0, 0.05) is 18.2 Å². The fourth-order valence-electron chi connectivity index (χ4n) is 3.73. The van der Waals surface area contributed by atoms with Gasteiger partial charge in [-0.05, 0) is 30.4 Å². The van der Waals surface area contributed by atoms with Crippen LogP contribution in [0.3, 0.4) is 0 Å². The van der Waals surface area contributed by atoms with Crippen molar-refractivity contribution >= 4 is 5.69 Å². The van der Waals surface area contributed by atoms with E-state index in [0.717, 1.165) is 0 Å². The standard InChI is InChI=1S/C14H21N3/c1-8-11(14(2,3)4)10-12-9(6-5-7-15-12)17-13(10)16-8/h5-8,10-11,13,16-17H,1-4H3. The summed E-state index contributed by atoms with van der Waals surface area (Å²) in [6.45, 7) is 9.29. The molecule has 4 unspecified atom stereocenters. The van der Waals surface area contributed by atoms with Crippen LogP contribution in [-0.2, 0) is 0 Å². The van der Waals surface area contributed by atoms with Crippen LogP contribution < -0.4 is 10.6 Å². The Morgan fingerprint density at radius 3 is 2.76 bits per heavy atom. The molecule has 0 amide bonds. The SMILES string of the molecule is CC1NC2Nc3cccnc3C2C1C(C)(C)C. The Kier molecular flexibility index (Phi) is 2.24. The molecule has 0 saturated carbocycles. The number of anilines is 1. The van der Waals surface area contributed by atoms with Gasteiger partial charge in [-0.3, -0.25) is 10.3 Å². The average Bonchev–Trinajstić information content (AvgIpc) is 2.70. The van der Waals surface area contributed by atoms with Crippen molar-refractivity contribution in [1.82, 2.24) is 10.3 Å². The van der Waals surface area contributed by atoms with Crippen LogP contribution in [0.2, 0.25) is 0 Å². The van der Waals surface area contributed by atoms with E-state index in [2.05, 4.69) is 49.4 Å². The third kappa shape index (κ3) is 1.56. The van der Waals surface area contributed by atoms with Gasteiger partial charge in [0.2, 0.25) is 0 Å². The fraction of sp³-hybridized carbons (Fsp3) is 0.643. The predicted molar refractivity (Wildman–Crippen MR) is 69.9 cm³/mol. The highest BCUT2D eigenvalue weighted by atomic mass is 15.2. The average molecular weight is 231 g/mol. The molecule has 1 fully saturated rings. The van der Waals surface area contributed by atoms with Gasteiger partial charge in [0.25, 0.3) is 0 Å². The lowest BCUT2D eigenvalue weighted by atomic mass is 9.71. The van der Waals surface area contributed by atoms with Crippen molar-refractivity contribution < 1.29 is 0 Å². The van der Waals surface area contributed by atoms with Gasteiger partial charge in [-0.15, -0.1) is 0 Å². The van der Waals surface area contributed by atoms with Crippen LogP contribution in [0, 0.1) is 11.3 Å². The quantitative estimate of drug-likeness (QED) is 0.720. The maximum Gasteiger partial charge on any atom is 0.0860 e. The van der Waals surface area contributed by atoms with Crippen LogP contribution in [-0.4, -0.2) is 17.2 Å². The highest BCUT2D eigenvalue weighted by Crippen LogP contribution is 2.50. The summed E-state index contributed by atoms with van der Waals surface area (Å²) in [6.07, 6.45) is 2.27. The number of pyridine rings is 1. The second-order valence-corrected chi connectivity index (χ2v) is 6.43. The van der Waals surface area contributed by atoms with Crippen LogP contribution in [0.25, 0.3) is 0 Å². The summed E-state index contributed by atoms with van der Waals surface area (Å²) in [6, 6.07) is 4.67. The van der Waals surface area contributed by atoms with Gasteiger partial charge in [-0.25, -0.2) is 0 Å². The van der Waals surface area contributed by atoms with Crippen molar-refractivity contribution in [2.75, 3.05) is 5.32 Å². The molecular weight excluding hydrogens is 210 g/mol. The third-order valence-electron chi connectivity index (χ3n) is 4.19. The molecule has 3 nitrogen and oxygen atoms in total. The number of hydrogen-bond donors (Lipinski definition) is 2. The van der Waals surface area contributed by atoms with Gasteiger partial charge in [-0.1, -0.05) is 20.8 Å². The Labute approximate surface area is 103 Å². The molecule has 0 aromatic carbocycles. The molecular formula is C14H21N3. The minimum absolute atomic E-state index is 0.298. The molecule has 3 rings (SSSR count). The smallest absolute Gasteiger partial charge is 0.0860 e. The van der Waals surface area contributed by atoms with Crippen molar-refractivity contribution in [3.05, 3.63) is 24.0 Å². The minimum Gasteiger partial charge on any atom is -0.368 e. The van der Waals surface area contributed by atoms with Gasteiger partial charge in [0.15, 0.2) is 0 Å². The zero-order chi connectivity index (χ0) is 12.2. The lowest BCUT2D eigenvalue weighted by Gasteiger charge is -2.33. The van der Waals surface area contributed by atoms with Gasteiger partial charge in [0.1, 0.15) is 0 Å². The van der Waals surface area contributed by atoms with Gasteiger partial charge < -0.3 is 5.32 Å². The zero-order valence-corrected chi connectivity index (χ0v) is 11.0. The number of nitrogens with one attached hydrogen (secondary N) is 2. The zero-order valence-electron chi connectivity index (χ0n) is 11.0. The molecule has 1 saturated heterocycles. The first kappa shape index (κ1) is 11.0. The maximum absolute atomic E-state index is 4.60. The second-order valence-electron chi connectivity index (χ2n) is 6.43. The molecule has 3 heteroatoms. The summed E-state index contributed by atoms with van der Waals surface area (Å²) in [4.78, 5) is 4.60. The van der Waals surface area contributed by atoms with Gasteiger partial charge in [-0.2, -0.15) is 0 Å². The highest BCUT2D eigenvalue weighted by Gasteiger charge is 2.51. The van der Waals surface area contributed by atoms with Crippen molar-refractivity contribution in [2.45, 2.75) is 45.8 Å². The van der Waals surface area contributed by atoms with Gasteiger partial charge in [0.05, 0.1) is 17.5 Å². The Morgan fingerprint density at radius 2 is 2.06 bits per heavy atom. The summed E-state index contributed by atoms with van der Waals surface area (Å²) < 4.78 is 0. The lowest BCUT2D eigenvalue weighted by molar-refractivity contribution is 0.203. The van der Waals surface area contributed by atoms with Crippen LogP contribution in [0.1, 0.15) is 39.3 Å². The molecule has 0 aliphatic carbocycles. The second kappa shape index (κ2) is 3.45. The summed E-state index contributed by atoms with van der Waals surface area (Å²) in [5.41, 5.74) is 2.75.